The maximum Gasteiger partial charge on any atom is 0.251 e. The second-order valence-corrected chi connectivity index (χ2v) is 3.96. The molecular weight excluding hydrogens is 230 g/mol. The Balaban J connectivity index is 2.59. The van der Waals surface area contributed by atoms with E-state index in [-0.39, 0.29) is 18.2 Å². The van der Waals surface area contributed by atoms with Crippen LogP contribution in [-0.4, -0.2) is 32.5 Å². The topological polar surface area (TPSA) is 70.2 Å². The van der Waals surface area contributed by atoms with Crippen molar-refractivity contribution in [1.82, 2.24) is 10.6 Å². The monoisotopic (exact) mass is 249 g/mol. The summed E-state index contributed by atoms with van der Waals surface area (Å²) in [7, 11) is 3.41. The zero-order chi connectivity index (χ0) is 13.5. The molecule has 1 aromatic carbocycles. The minimum Gasteiger partial charge on any atom is -0.388 e. The molecule has 1 rings (SSSR count). The molecule has 0 fully saturated rings. The molecule has 0 aliphatic carbocycles. The molecule has 18 heavy (non-hydrogen) atoms. The van der Waals surface area contributed by atoms with Crippen molar-refractivity contribution in [2.75, 3.05) is 26.0 Å². The maximum absolute atomic E-state index is 11.9. The van der Waals surface area contributed by atoms with Crippen LogP contribution in [0.2, 0.25) is 0 Å². The van der Waals surface area contributed by atoms with E-state index in [9.17, 15) is 9.59 Å². The van der Waals surface area contributed by atoms with Gasteiger partial charge >= 0.3 is 0 Å². The number of rotatable bonds is 5. The minimum absolute atomic E-state index is 0.0856. The Morgan fingerprint density at radius 1 is 1.22 bits per heavy atom. The summed E-state index contributed by atoms with van der Waals surface area (Å²) in [6.07, 6.45) is 0.288. The SMILES string of the molecule is CNC(=O)CCNC(=O)c1ccc(NC)cc1C. The highest BCUT2D eigenvalue weighted by Crippen LogP contribution is 2.14. The van der Waals surface area contributed by atoms with Gasteiger partial charge in [0, 0.05) is 38.3 Å². The van der Waals surface area contributed by atoms with Gasteiger partial charge in [-0.15, -0.1) is 0 Å². The van der Waals surface area contributed by atoms with Crippen LogP contribution in [0.15, 0.2) is 18.2 Å². The summed E-state index contributed by atoms with van der Waals surface area (Å²) in [6, 6.07) is 5.53. The standard InChI is InChI=1S/C13H19N3O2/c1-9-8-10(14-2)4-5-11(9)13(18)16-7-6-12(17)15-3/h4-5,8,14H,6-7H2,1-3H3,(H,15,17)(H,16,18). The van der Waals surface area contributed by atoms with Crippen LogP contribution in [0.1, 0.15) is 22.3 Å². The lowest BCUT2D eigenvalue weighted by Crippen LogP contribution is -2.29. The van der Waals surface area contributed by atoms with Gasteiger partial charge in [-0.3, -0.25) is 9.59 Å². The molecule has 0 atom stereocenters. The Bertz CT molecular complexity index is 444. The van der Waals surface area contributed by atoms with E-state index in [0.717, 1.165) is 11.3 Å². The molecular formula is C13H19N3O2. The lowest BCUT2D eigenvalue weighted by molar-refractivity contribution is -0.120. The number of hydrogen-bond acceptors (Lipinski definition) is 3. The number of aryl methyl sites for hydroxylation is 1. The number of anilines is 1. The molecule has 0 bridgehead atoms. The van der Waals surface area contributed by atoms with E-state index in [1.54, 1.807) is 13.1 Å². The van der Waals surface area contributed by atoms with Gasteiger partial charge in [0.15, 0.2) is 0 Å². The third-order valence-corrected chi connectivity index (χ3v) is 2.68. The normalized spacial score (nSPS) is 9.72. The molecule has 0 aromatic heterocycles. The summed E-state index contributed by atoms with van der Waals surface area (Å²) in [5, 5.41) is 8.24. The Morgan fingerprint density at radius 3 is 2.50 bits per heavy atom. The molecule has 0 radical (unpaired) electrons. The van der Waals surface area contributed by atoms with Gasteiger partial charge in [0.25, 0.3) is 5.91 Å². The van der Waals surface area contributed by atoms with Gasteiger partial charge in [-0.05, 0) is 30.7 Å². The first-order chi connectivity index (χ1) is 8.58. The smallest absolute Gasteiger partial charge is 0.251 e. The van der Waals surface area contributed by atoms with Crippen LogP contribution in [0.25, 0.3) is 0 Å². The fraction of sp³-hybridized carbons (Fsp3) is 0.385. The van der Waals surface area contributed by atoms with Crippen molar-refractivity contribution >= 4 is 17.5 Å². The Kier molecular flexibility index (Phi) is 5.17. The predicted octanol–water partition coefficient (Wildman–Crippen LogP) is 0.903. The van der Waals surface area contributed by atoms with Crippen LogP contribution in [0.5, 0.6) is 0 Å². The first-order valence-corrected chi connectivity index (χ1v) is 5.85. The van der Waals surface area contributed by atoms with Crippen molar-refractivity contribution < 1.29 is 9.59 Å². The number of nitrogens with one attached hydrogen (secondary N) is 3. The van der Waals surface area contributed by atoms with Gasteiger partial charge in [-0.2, -0.15) is 0 Å². The van der Waals surface area contributed by atoms with Crippen molar-refractivity contribution in [3.8, 4) is 0 Å². The molecule has 5 nitrogen and oxygen atoms in total. The summed E-state index contributed by atoms with van der Waals surface area (Å²) < 4.78 is 0. The van der Waals surface area contributed by atoms with Crippen molar-refractivity contribution in [3.63, 3.8) is 0 Å². The molecule has 98 valence electrons. The van der Waals surface area contributed by atoms with E-state index in [2.05, 4.69) is 16.0 Å². The molecule has 0 saturated carbocycles. The summed E-state index contributed by atoms with van der Waals surface area (Å²) in [6.45, 7) is 2.22. The van der Waals surface area contributed by atoms with Gasteiger partial charge in [0.1, 0.15) is 0 Å². The first kappa shape index (κ1) is 14.0. The van der Waals surface area contributed by atoms with Gasteiger partial charge in [-0.1, -0.05) is 0 Å². The number of hydrogen-bond donors (Lipinski definition) is 3. The average molecular weight is 249 g/mol. The van der Waals surface area contributed by atoms with Crippen molar-refractivity contribution in [2.24, 2.45) is 0 Å². The fourth-order valence-electron chi connectivity index (χ4n) is 1.58. The van der Waals surface area contributed by atoms with E-state index in [4.69, 9.17) is 0 Å². The summed E-state index contributed by atoms with van der Waals surface area (Å²) >= 11 is 0. The minimum atomic E-state index is -0.154. The largest absolute Gasteiger partial charge is 0.388 e. The highest BCUT2D eigenvalue weighted by atomic mass is 16.2. The molecule has 0 unspecified atom stereocenters. The Labute approximate surface area is 107 Å². The predicted molar refractivity (Wildman–Crippen MR) is 71.7 cm³/mol. The zero-order valence-corrected chi connectivity index (χ0v) is 11.0. The first-order valence-electron chi connectivity index (χ1n) is 5.85. The second kappa shape index (κ2) is 6.64. The molecule has 0 aliphatic heterocycles. The fourth-order valence-corrected chi connectivity index (χ4v) is 1.58. The van der Waals surface area contributed by atoms with E-state index >= 15 is 0 Å². The third kappa shape index (κ3) is 3.76. The van der Waals surface area contributed by atoms with Crippen LogP contribution in [-0.2, 0) is 4.79 Å². The average Bonchev–Trinajstić information content (AvgIpc) is 2.37. The number of amides is 2. The highest BCUT2D eigenvalue weighted by molar-refractivity contribution is 5.96. The zero-order valence-electron chi connectivity index (χ0n) is 11.0. The molecule has 1 aromatic rings. The molecule has 5 heteroatoms. The van der Waals surface area contributed by atoms with E-state index in [1.807, 2.05) is 26.1 Å². The van der Waals surface area contributed by atoms with E-state index in [1.165, 1.54) is 0 Å². The maximum atomic E-state index is 11.9. The van der Waals surface area contributed by atoms with E-state index < -0.39 is 0 Å². The van der Waals surface area contributed by atoms with Crippen LogP contribution in [0.3, 0.4) is 0 Å². The molecule has 0 spiro atoms. The van der Waals surface area contributed by atoms with Crippen molar-refractivity contribution in [3.05, 3.63) is 29.3 Å². The van der Waals surface area contributed by atoms with Crippen LogP contribution >= 0.6 is 0 Å². The van der Waals surface area contributed by atoms with Gasteiger partial charge in [0.05, 0.1) is 0 Å². The lowest BCUT2D eigenvalue weighted by Gasteiger charge is -2.09. The summed E-state index contributed by atoms with van der Waals surface area (Å²) in [5.41, 5.74) is 2.50. The summed E-state index contributed by atoms with van der Waals surface area (Å²) in [5.74, 6) is -0.239. The van der Waals surface area contributed by atoms with Gasteiger partial charge in [-0.25, -0.2) is 0 Å². The van der Waals surface area contributed by atoms with Crippen molar-refractivity contribution in [1.29, 1.82) is 0 Å². The Morgan fingerprint density at radius 2 is 1.94 bits per heavy atom. The van der Waals surface area contributed by atoms with Crippen LogP contribution in [0.4, 0.5) is 5.69 Å². The van der Waals surface area contributed by atoms with E-state index in [0.29, 0.717) is 12.1 Å². The summed E-state index contributed by atoms with van der Waals surface area (Å²) in [4.78, 5) is 22.9. The van der Waals surface area contributed by atoms with Crippen LogP contribution in [0, 0.1) is 6.92 Å². The lowest BCUT2D eigenvalue weighted by atomic mass is 10.1. The molecule has 0 heterocycles. The number of carbonyl (C=O) groups excluding carboxylic acids is 2. The molecule has 3 N–H and O–H groups in total. The molecule has 0 saturated heterocycles. The quantitative estimate of drug-likeness (QED) is 0.726. The molecule has 0 aliphatic rings. The van der Waals surface area contributed by atoms with Gasteiger partial charge < -0.3 is 16.0 Å². The third-order valence-electron chi connectivity index (χ3n) is 2.68. The Hall–Kier alpha value is -2.04. The number of benzene rings is 1. The second-order valence-electron chi connectivity index (χ2n) is 3.96. The van der Waals surface area contributed by atoms with Gasteiger partial charge in [0.2, 0.25) is 5.91 Å². The molecule has 2 amide bonds. The number of carbonyl (C=O) groups is 2. The van der Waals surface area contributed by atoms with Crippen LogP contribution < -0.4 is 16.0 Å². The highest BCUT2D eigenvalue weighted by Gasteiger charge is 2.09. The van der Waals surface area contributed by atoms with Crippen molar-refractivity contribution in [2.45, 2.75) is 13.3 Å².